The van der Waals surface area contributed by atoms with Crippen molar-refractivity contribution in [3.8, 4) is 0 Å². The largest absolute Gasteiger partial charge is 0.481 e. The molecular weight excluding hydrogens is 148 g/mol. The fourth-order valence-electron chi connectivity index (χ4n) is 1.09. The molecule has 1 atom stereocenters. The highest BCUT2D eigenvalue weighted by Crippen LogP contribution is 2.13. The average molecular weight is 158 g/mol. The highest BCUT2D eigenvalue weighted by molar-refractivity contribution is 5.97. The molecule has 0 aromatic rings. The topological polar surface area (TPSA) is 63.6 Å². The number of carbonyl (C=O) groups excluding carboxylic acids is 1. The van der Waals surface area contributed by atoms with Crippen molar-refractivity contribution in [3.63, 3.8) is 0 Å². The second-order valence-electron chi connectivity index (χ2n) is 2.54. The molecule has 0 aromatic carbocycles. The van der Waals surface area contributed by atoms with E-state index in [4.69, 9.17) is 9.84 Å². The van der Waals surface area contributed by atoms with Crippen molar-refractivity contribution in [3.05, 3.63) is 0 Å². The van der Waals surface area contributed by atoms with E-state index in [9.17, 15) is 9.59 Å². The van der Waals surface area contributed by atoms with Gasteiger partial charge in [0.1, 0.15) is 12.5 Å². The van der Waals surface area contributed by atoms with Crippen LogP contribution < -0.4 is 0 Å². The Kier molecular flexibility index (Phi) is 2.59. The molecular formula is C7H10O4. The molecule has 1 saturated heterocycles. The van der Waals surface area contributed by atoms with Gasteiger partial charge in [-0.05, 0) is 12.8 Å². The zero-order valence-corrected chi connectivity index (χ0v) is 6.08. The minimum Gasteiger partial charge on any atom is -0.481 e. The van der Waals surface area contributed by atoms with Crippen LogP contribution in [0.4, 0.5) is 0 Å². The molecule has 1 N–H and O–H groups in total. The Bertz CT molecular complexity index is 169. The molecule has 0 aromatic heterocycles. The summed E-state index contributed by atoms with van der Waals surface area (Å²) in [4.78, 5) is 21.0. The summed E-state index contributed by atoms with van der Waals surface area (Å²) in [6.07, 6.45) is 0.665. The summed E-state index contributed by atoms with van der Waals surface area (Å²) in [5.74, 6) is -1.39. The van der Waals surface area contributed by atoms with Crippen LogP contribution in [0.2, 0.25) is 0 Å². The fourth-order valence-corrected chi connectivity index (χ4v) is 1.09. The van der Waals surface area contributed by atoms with Crippen molar-refractivity contribution in [1.82, 2.24) is 0 Å². The Morgan fingerprint density at radius 1 is 1.55 bits per heavy atom. The van der Waals surface area contributed by atoms with Crippen molar-refractivity contribution in [2.45, 2.75) is 25.4 Å². The molecule has 1 aliphatic heterocycles. The lowest BCUT2D eigenvalue weighted by molar-refractivity contribution is -0.142. The average Bonchev–Trinajstić information content (AvgIpc) is 2.35. The van der Waals surface area contributed by atoms with Crippen molar-refractivity contribution >= 4 is 11.8 Å². The van der Waals surface area contributed by atoms with Crippen LogP contribution in [0.3, 0.4) is 0 Å². The molecule has 4 nitrogen and oxygen atoms in total. The maximum atomic E-state index is 10.9. The molecule has 1 unspecified atom stereocenters. The maximum Gasteiger partial charge on any atom is 0.310 e. The highest BCUT2D eigenvalue weighted by atomic mass is 16.5. The Labute approximate surface area is 64.2 Å². The monoisotopic (exact) mass is 158 g/mol. The number of aliphatic carboxylic acids is 1. The third-order valence-corrected chi connectivity index (χ3v) is 1.61. The summed E-state index contributed by atoms with van der Waals surface area (Å²) in [5.41, 5.74) is 0. The standard InChI is InChI=1S/C7H10O4/c8-5(4-7(9)10)6-2-1-3-11-6/h6H,1-4H2,(H,9,10). The normalized spacial score (nSPS) is 23.5. The van der Waals surface area contributed by atoms with Gasteiger partial charge in [-0.25, -0.2) is 0 Å². The lowest BCUT2D eigenvalue weighted by Crippen LogP contribution is -2.21. The van der Waals surface area contributed by atoms with E-state index >= 15 is 0 Å². The Morgan fingerprint density at radius 3 is 2.73 bits per heavy atom. The minimum atomic E-state index is -1.08. The van der Waals surface area contributed by atoms with E-state index in [0.29, 0.717) is 13.0 Å². The van der Waals surface area contributed by atoms with Crippen LogP contribution in [0.25, 0.3) is 0 Å². The van der Waals surface area contributed by atoms with E-state index in [1.54, 1.807) is 0 Å². The quantitative estimate of drug-likeness (QED) is 0.596. The number of hydrogen-bond acceptors (Lipinski definition) is 3. The number of ether oxygens (including phenoxy) is 1. The van der Waals surface area contributed by atoms with Gasteiger partial charge in [-0.1, -0.05) is 0 Å². The molecule has 1 aliphatic rings. The third-order valence-electron chi connectivity index (χ3n) is 1.61. The van der Waals surface area contributed by atoms with E-state index in [2.05, 4.69) is 0 Å². The SMILES string of the molecule is O=C(O)CC(=O)C1CCCO1. The number of carboxylic acids is 1. The van der Waals surface area contributed by atoms with Gasteiger partial charge < -0.3 is 9.84 Å². The summed E-state index contributed by atoms with van der Waals surface area (Å²) in [6.45, 7) is 0.579. The number of hydrogen-bond donors (Lipinski definition) is 1. The van der Waals surface area contributed by atoms with Crippen LogP contribution in [0, 0.1) is 0 Å². The van der Waals surface area contributed by atoms with Gasteiger partial charge in [0.05, 0.1) is 0 Å². The van der Waals surface area contributed by atoms with E-state index < -0.39 is 18.5 Å². The molecule has 62 valence electrons. The Balaban J connectivity index is 2.34. The second kappa shape index (κ2) is 3.48. The lowest BCUT2D eigenvalue weighted by Gasteiger charge is -2.04. The second-order valence-corrected chi connectivity index (χ2v) is 2.54. The van der Waals surface area contributed by atoms with Gasteiger partial charge in [-0.2, -0.15) is 0 Å². The first-order chi connectivity index (χ1) is 5.20. The molecule has 0 saturated carbocycles. The summed E-state index contributed by atoms with van der Waals surface area (Å²) in [6, 6.07) is 0. The summed E-state index contributed by atoms with van der Waals surface area (Å²) >= 11 is 0. The molecule has 0 radical (unpaired) electrons. The van der Waals surface area contributed by atoms with Gasteiger partial charge in [0.15, 0.2) is 5.78 Å². The van der Waals surface area contributed by atoms with E-state index in [1.807, 2.05) is 0 Å². The summed E-state index contributed by atoms with van der Waals surface area (Å²) < 4.78 is 5.00. The molecule has 11 heavy (non-hydrogen) atoms. The van der Waals surface area contributed by atoms with E-state index in [1.165, 1.54) is 0 Å². The Morgan fingerprint density at radius 2 is 2.27 bits per heavy atom. The number of ketones is 1. The molecule has 0 bridgehead atoms. The molecule has 1 rings (SSSR count). The van der Waals surface area contributed by atoms with Crippen LogP contribution >= 0.6 is 0 Å². The minimum absolute atomic E-state index is 0.310. The maximum absolute atomic E-state index is 10.9. The van der Waals surface area contributed by atoms with Crippen molar-refractivity contribution in [2.75, 3.05) is 6.61 Å². The summed E-state index contributed by atoms with van der Waals surface area (Å²) in [5, 5.41) is 8.27. The van der Waals surface area contributed by atoms with Crippen molar-refractivity contribution in [2.24, 2.45) is 0 Å². The molecule has 0 aliphatic carbocycles. The zero-order valence-electron chi connectivity index (χ0n) is 6.08. The van der Waals surface area contributed by atoms with Crippen LogP contribution in [0.15, 0.2) is 0 Å². The van der Waals surface area contributed by atoms with Gasteiger partial charge in [-0.15, -0.1) is 0 Å². The fraction of sp³-hybridized carbons (Fsp3) is 0.714. The molecule has 1 fully saturated rings. The molecule has 0 amide bonds. The van der Waals surface area contributed by atoms with Gasteiger partial charge >= 0.3 is 5.97 Å². The molecule has 1 heterocycles. The zero-order chi connectivity index (χ0) is 8.27. The predicted octanol–water partition coefficient (Wildman–Crippen LogP) is 0.209. The van der Waals surface area contributed by atoms with Gasteiger partial charge in [0.25, 0.3) is 0 Å². The van der Waals surface area contributed by atoms with Gasteiger partial charge in [-0.3, -0.25) is 9.59 Å². The van der Waals surface area contributed by atoms with Crippen LogP contribution in [0.1, 0.15) is 19.3 Å². The summed E-state index contributed by atoms with van der Waals surface area (Å²) in [7, 11) is 0. The molecule has 0 spiro atoms. The first-order valence-electron chi connectivity index (χ1n) is 3.56. The Hall–Kier alpha value is -0.900. The molecule has 4 heteroatoms. The highest BCUT2D eigenvalue weighted by Gasteiger charge is 2.24. The van der Waals surface area contributed by atoms with Crippen LogP contribution in [0.5, 0.6) is 0 Å². The number of rotatable bonds is 3. The van der Waals surface area contributed by atoms with Gasteiger partial charge in [0, 0.05) is 6.61 Å². The number of Topliss-reactive ketones (excluding diaryl/α,β-unsaturated/α-hetero) is 1. The first kappa shape index (κ1) is 8.20. The lowest BCUT2D eigenvalue weighted by atomic mass is 10.1. The van der Waals surface area contributed by atoms with Crippen LogP contribution in [-0.4, -0.2) is 29.6 Å². The third kappa shape index (κ3) is 2.31. The number of carboxylic acid groups (broad SMARTS) is 1. The van der Waals surface area contributed by atoms with E-state index in [-0.39, 0.29) is 5.78 Å². The van der Waals surface area contributed by atoms with Crippen LogP contribution in [-0.2, 0) is 14.3 Å². The van der Waals surface area contributed by atoms with Gasteiger partial charge in [0.2, 0.25) is 0 Å². The van der Waals surface area contributed by atoms with Crippen molar-refractivity contribution < 1.29 is 19.4 Å². The number of carbonyl (C=O) groups is 2. The van der Waals surface area contributed by atoms with Crippen molar-refractivity contribution in [1.29, 1.82) is 0 Å². The smallest absolute Gasteiger partial charge is 0.310 e. The van der Waals surface area contributed by atoms with E-state index in [0.717, 1.165) is 6.42 Å². The predicted molar refractivity (Wildman–Crippen MR) is 36.2 cm³/mol. The first-order valence-corrected chi connectivity index (χ1v) is 3.56.